The smallest absolute Gasteiger partial charge is 0.271 e. The van der Waals surface area contributed by atoms with Crippen LogP contribution in [0.15, 0.2) is 66.1 Å². The van der Waals surface area contributed by atoms with Gasteiger partial charge in [0.25, 0.3) is 11.8 Å². The van der Waals surface area contributed by atoms with Crippen LogP contribution in [0.5, 0.6) is 0 Å². The van der Waals surface area contributed by atoms with E-state index in [-0.39, 0.29) is 11.8 Å². The fourth-order valence-electron chi connectivity index (χ4n) is 3.35. The fraction of sp³-hybridized carbons (Fsp3) is 0.0952. The number of rotatable bonds is 3. The van der Waals surface area contributed by atoms with E-state index in [2.05, 4.69) is 6.58 Å². The van der Waals surface area contributed by atoms with Crippen molar-refractivity contribution in [2.45, 2.75) is 6.92 Å². The molecule has 4 nitrogen and oxygen atoms in total. The predicted molar refractivity (Wildman–Crippen MR) is 115 cm³/mol. The fourth-order valence-corrected chi connectivity index (χ4v) is 4.71. The number of para-hydroxylation sites is 2. The second-order valence-electron chi connectivity index (χ2n) is 6.22. The van der Waals surface area contributed by atoms with Crippen LogP contribution in [-0.4, -0.2) is 22.7 Å². The molecule has 2 aromatic rings. The molecule has 0 atom stereocenters. The summed E-state index contributed by atoms with van der Waals surface area (Å²) in [6, 6.07) is 15.1. The Kier molecular flexibility index (Phi) is 4.45. The van der Waals surface area contributed by atoms with E-state index in [1.807, 2.05) is 55.5 Å². The lowest BCUT2D eigenvalue weighted by atomic mass is 10.1. The third-order valence-electron chi connectivity index (χ3n) is 4.59. The minimum atomic E-state index is -0.252. The standard InChI is InChI=1S/C21H16N2O2S2/c1-3-12-22-16-11-7-5-9-14(16)17(19(22)24)18-20(25)23(21(26)27-18)15-10-6-4-8-13(15)2/h3-11H,1,12H2,2H3. The van der Waals surface area contributed by atoms with Crippen molar-refractivity contribution >= 4 is 57.1 Å². The van der Waals surface area contributed by atoms with Crippen molar-refractivity contribution in [2.75, 3.05) is 16.3 Å². The summed E-state index contributed by atoms with van der Waals surface area (Å²) in [7, 11) is 0. The van der Waals surface area contributed by atoms with E-state index >= 15 is 0 Å². The number of thiocarbonyl (C=S) groups is 1. The van der Waals surface area contributed by atoms with Crippen LogP contribution in [0, 0.1) is 6.92 Å². The molecule has 1 fully saturated rings. The van der Waals surface area contributed by atoms with E-state index in [0.717, 1.165) is 22.5 Å². The van der Waals surface area contributed by atoms with Crippen LogP contribution >= 0.6 is 24.0 Å². The molecule has 2 aliphatic heterocycles. The second kappa shape index (κ2) is 6.79. The van der Waals surface area contributed by atoms with Gasteiger partial charge in [0.1, 0.15) is 0 Å². The van der Waals surface area contributed by atoms with Gasteiger partial charge in [0.05, 0.1) is 21.9 Å². The molecule has 2 heterocycles. The number of carbonyl (C=O) groups is 2. The van der Waals surface area contributed by atoms with E-state index in [0.29, 0.717) is 21.3 Å². The molecule has 2 amide bonds. The molecule has 0 saturated carbocycles. The number of aryl methyl sites for hydroxylation is 1. The van der Waals surface area contributed by atoms with Crippen molar-refractivity contribution in [3.05, 3.63) is 77.2 Å². The number of nitrogens with zero attached hydrogens (tertiary/aromatic N) is 2. The highest BCUT2D eigenvalue weighted by Gasteiger charge is 2.42. The summed E-state index contributed by atoms with van der Waals surface area (Å²) in [5.74, 6) is -0.445. The Morgan fingerprint density at radius 3 is 2.41 bits per heavy atom. The highest BCUT2D eigenvalue weighted by Crippen LogP contribution is 2.45. The number of thioether (sulfide) groups is 1. The monoisotopic (exact) mass is 392 g/mol. The maximum absolute atomic E-state index is 13.2. The summed E-state index contributed by atoms with van der Waals surface area (Å²) in [5, 5.41) is 0. The molecule has 0 spiro atoms. The lowest BCUT2D eigenvalue weighted by molar-refractivity contribution is -0.115. The van der Waals surface area contributed by atoms with Crippen molar-refractivity contribution in [3.8, 4) is 0 Å². The maximum Gasteiger partial charge on any atom is 0.271 e. The summed E-state index contributed by atoms with van der Waals surface area (Å²) in [6.45, 7) is 6.05. The van der Waals surface area contributed by atoms with E-state index in [4.69, 9.17) is 12.2 Å². The Labute approximate surface area is 167 Å². The Hall–Kier alpha value is -2.70. The van der Waals surface area contributed by atoms with Crippen LogP contribution < -0.4 is 9.80 Å². The van der Waals surface area contributed by atoms with Crippen molar-refractivity contribution in [2.24, 2.45) is 0 Å². The van der Waals surface area contributed by atoms with E-state index in [9.17, 15) is 9.59 Å². The van der Waals surface area contributed by atoms with Crippen molar-refractivity contribution < 1.29 is 9.59 Å². The number of carbonyl (C=O) groups excluding carboxylic acids is 2. The average molecular weight is 393 g/mol. The molecule has 0 aromatic heterocycles. The predicted octanol–water partition coefficient (Wildman–Crippen LogP) is 4.30. The number of hydrogen-bond donors (Lipinski definition) is 0. The Balaban J connectivity index is 1.86. The highest BCUT2D eigenvalue weighted by molar-refractivity contribution is 8.27. The minimum Gasteiger partial charge on any atom is -0.304 e. The number of fused-ring (bicyclic) bond motifs is 1. The van der Waals surface area contributed by atoms with Gasteiger partial charge in [-0.2, -0.15) is 0 Å². The second-order valence-corrected chi connectivity index (χ2v) is 7.86. The molecular formula is C21H16N2O2S2. The van der Waals surface area contributed by atoms with Gasteiger partial charge in [0.2, 0.25) is 0 Å². The average Bonchev–Trinajstić information content (AvgIpc) is 3.10. The van der Waals surface area contributed by atoms with E-state index in [1.54, 1.807) is 11.0 Å². The van der Waals surface area contributed by atoms with Gasteiger partial charge >= 0.3 is 0 Å². The van der Waals surface area contributed by atoms with Gasteiger partial charge in [0, 0.05) is 12.1 Å². The Bertz CT molecular complexity index is 1040. The highest BCUT2D eigenvalue weighted by atomic mass is 32.2. The van der Waals surface area contributed by atoms with Crippen LogP contribution in [0.4, 0.5) is 11.4 Å². The number of amides is 2. The van der Waals surface area contributed by atoms with Gasteiger partial charge in [-0.1, -0.05) is 66.5 Å². The van der Waals surface area contributed by atoms with Gasteiger partial charge in [-0.15, -0.1) is 6.58 Å². The first kappa shape index (κ1) is 17.7. The normalized spacial score (nSPS) is 19.1. The van der Waals surface area contributed by atoms with Crippen molar-refractivity contribution in [1.29, 1.82) is 0 Å². The molecule has 134 valence electrons. The zero-order chi connectivity index (χ0) is 19.1. The summed E-state index contributed by atoms with van der Waals surface area (Å²) in [4.78, 5) is 29.9. The molecule has 2 aliphatic rings. The molecule has 27 heavy (non-hydrogen) atoms. The van der Waals surface area contributed by atoms with Crippen molar-refractivity contribution in [3.63, 3.8) is 0 Å². The lowest BCUT2D eigenvalue weighted by Crippen LogP contribution is -2.29. The number of hydrogen-bond acceptors (Lipinski definition) is 4. The number of anilines is 2. The van der Waals surface area contributed by atoms with Gasteiger partial charge < -0.3 is 4.90 Å². The molecule has 0 unspecified atom stereocenters. The largest absolute Gasteiger partial charge is 0.304 e. The molecule has 0 N–H and O–H groups in total. The molecule has 0 aliphatic carbocycles. The summed E-state index contributed by atoms with van der Waals surface area (Å²) in [6.07, 6.45) is 1.68. The van der Waals surface area contributed by atoms with Gasteiger partial charge in [0.15, 0.2) is 4.32 Å². The summed E-state index contributed by atoms with van der Waals surface area (Å²) in [5.41, 5.74) is 3.66. The van der Waals surface area contributed by atoms with Crippen LogP contribution in [0.25, 0.3) is 5.57 Å². The topological polar surface area (TPSA) is 40.6 Å². The number of benzene rings is 2. The summed E-state index contributed by atoms with van der Waals surface area (Å²) >= 11 is 6.67. The van der Waals surface area contributed by atoms with E-state index < -0.39 is 0 Å². The molecule has 6 heteroatoms. The van der Waals surface area contributed by atoms with Crippen LogP contribution in [0.2, 0.25) is 0 Å². The zero-order valence-corrected chi connectivity index (χ0v) is 16.3. The van der Waals surface area contributed by atoms with E-state index in [1.165, 1.54) is 16.7 Å². The molecule has 2 aromatic carbocycles. The Morgan fingerprint density at radius 1 is 1.04 bits per heavy atom. The van der Waals surface area contributed by atoms with Gasteiger partial charge in [-0.3, -0.25) is 14.5 Å². The Morgan fingerprint density at radius 2 is 1.70 bits per heavy atom. The molecule has 1 saturated heterocycles. The SMILES string of the molecule is C=CCN1C(=O)C(=C2SC(=S)N(c3ccccc3C)C2=O)c2ccccc21. The molecule has 4 rings (SSSR count). The third-order valence-corrected chi connectivity index (χ3v) is 5.96. The lowest BCUT2D eigenvalue weighted by Gasteiger charge is -2.17. The molecule has 0 radical (unpaired) electrons. The first-order valence-corrected chi connectivity index (χ1v) is 9.65. The first-order valence-electron chi connectivity index (χ1n) is 8.43. The minimum absolute atomic E-state index is 0.193. The third kappa shape index (κ3) is 2.72. The van der Waals surface area contributed by atoms with Crippen molar-refractivity contribution in [1.82, 2.24) is 0 Å². The van der Waals surface area contributed by atoms with Crippen LogP contribution in [0.1, 0.15) is 11.1 Å². The molecular weight excluding hydrogens is 376 g/mol. The quantitative estimate of drug-likeness (QED) is 0.444. The van der Waals surface area contributed by atoms with Crippen LogP contribution in [-0.2, 0) is 9.59 Å². The molecule has 0 bridgehead atoms. The first-order chi connectivity index (χ1) is 13.0. The van der Waals surface area contributed by atoms with Crippen LogP contribution in [0.3, 0.4) is 0 Å². The zero-order valence-electron chi connectivity index (χ0n) is 14.6. The van der Waals surface area contributed by atoms with Gasteiger partial charge in [-0.05, 0) is 24.6 Å². The maximum atomic E-state index is 13.2. The summed E-state index contributed by atoms with van der Waals surface area (Å²) < 4.78 is 0.434. The van der Waals surface area contributed by atoms with Gasteiger partial charge in [-0.25, -0.2) is 0 Å².